The van der Waals surface area contributed by atoms with E-state index in [9.17, 15) is 9.59 Å². The molecule has 0 spiro atoms. The molecule has 1 aromatic carbocycles. The molecule has 0 aromatic heterocycles. The van der Waals surface area contributed by atoms with Crippen molar-refractivity contribution in [3.63, 3.8) is 0 Å². The lowest BCUT2D eigenvalue weighted by molar-refractivity contribution is -0.136. The fourth-order valence-corrected chi connectivity index (χ4v) is 1.19. The first kappa shape index (κ1) is 13.2. The summed E-state index contributed by atoms with van der Waals surface area (Å²) in [6.45, 7) is -0.215. The highest BCUT2D eigenvalue weighted by atomic mass is 16.2. The van der Waals surface area contributed by atoms with Gasteiger partial charge in [0, 0.05) is 5.69 Å². The minimum absolute atomic E-state index is 0.215. The largest absolute Gasteiger partial charge is 0.335 e. The van der Waals surface area contributed by atoms with Gasteiger partial charge in [0.25, 0.3) is 0 Å². The van der Waals surface area contributed by atoms with Gasteiger partial charge >= 0.3 is 11.8 Å². The zero-order valence-electron chi connectivity index (χ0n) is 9.43. The average molecular weight is 242 g/mol. The van der Waals surface area contributed by atoms with Gasteiger partial charge in [0.2, 0.25) is 0 Å². The normalized spacial score (nSPS) is 8.78. The summed E-state index contributed by atoms with van der Waals surface area (Å²) in [6.07, 6.45) is 0.289. The van der Waals surface area contributed by atoms with E-state index < -0.39 is 11.8 Å². The van der Waals surface area contributed by atoms with Crippen LogP contribution in [-0.2, 0) is 16.0 Å². The summed E-state index contributed by atoms with van der Waals surface area (Å²) in [7, 11) is 0. The molecule has 0 unspecified atom stereocenters. The Morgan fingerprint density at radius 2 is 1.72 bits per heavy atom. The van der Waals surface area contributed by atoms with Crippen molar-refractivity contribution in [1.29, 1.82) is 10.5 Å². The molecule has 2 amide bonds. The van der Waals surface area contributed by atoms with E-state index in [1.165, 1.54) is 0 Å². The van der Waals surface area contributed by atoms with E-state index >= 15 is 0 Å². The lowest BCUT2D eigenvalue weighted by Gasteiger charge is -2.04. The zero-order chi connectivity index (χ0) is 13.4. The van der Waals surface area contributed by atoms with Gasteiger partial charge in [-0.25, -0.2) is 0 Å². The predicted octanol–water partition coefficient (Wildman–Crippen LogP) is 0.331. The predicted molar refractivity (Wildman–Crippen MR) is 63.0 cm³/mol. The molecular weight excluding hydrogens is 232 g/mol. The number of amides is 2. The Labute approximate surface area is 104 Å². The first-order valence-electron chi connectivity index (χ1n) is 5.09. The minimum Gasteiger partial charge on any atom is -0.335 e. The molecule has 0 aliphatic heterocycles. The number of benzene rings is 1. The third-order valence-corrected chi connectivity index (χ3v) is 2.03. The lowest BCUT2D eigenvalue weighted by Crippen LogP contribution is -2.35. The van der Waals surface area contributed by atoms with E-state index in [2.05, 4.69) is 10.6 Å². The molecule has 1 aromatic rings. The van der Waals surface area contributed by atoms with Crippen molar-refractivity contribution in [2.75, 3.05) is 11.9 Å². The van der Waals surface area contributed by atoms with Gasteiger partial charge in [0.1, 0.15) is 6.54 Å². The second-order valence-corrected chi connectivity index (χ2v) is 3.33. The second kappa shape index (κ2) is 6.66. The van der Waals surface area contributed by atoms with Gasteiger partial charge in [0.05, 0.1) is 18.6 Å². The van der Waals surface area contributed by atoms with E-state index in [4.69, 9.17) is 10.5 Å². The molecule has 0 aliphatic carbocycles. The number of anilines is 1. The van der Waals surface area contributed by atoms with Crippen molar-refractivity contribution in [2.45, 2.75) is 6.42 Å². The first-order chi connectivity index (χ1) is 8.67. The van der Waals surface area contributed by atoms with Crippen LogP contribution in [0.25, 0.3) is 0 Å². The van der Waals surface area contributed by atoms with Crippen molar-refractivity contribution in [3.05, 3.63) is 29.8 Å². The van der Waals surface area contributed by atoms with Crippen LogP contribution in [0.4, 0.5) is 5.69 Å². The molecule has 0 radical (unpaired) electrons. The maximum atomic E-state index is 11.3. The van der Waals surface area contributed by atoms with E-state index in [1.54, 1.807) is 30.3 Å². The number of nitrogens with zero attached hydrogens (tertiary/aromatic N) is 2. The quantitative estimate of drug-likeness (QED) is 0.588. The highest BCUT2D eigenvalue weighted by Gasteiger charge is 2.12. The molecule has 0 fully saturated rings. The molecule has 6 nitrogen and oxygen atoms in total. The third kappa shape index (κ3) is 3.95. The summed E-state index contributed by atoms with van der Waals surface area (Å²) in [4.78, 5) is 22.5. The summed E-state index contributed by atoms with van der Waals surface area (Å²) in [5.74, 6) is -1.70. The standard InChI is InChI=1S/C12H10N4O2/c13-6-5-9-1-3-10(4-2-9)16-12(18)11(17)15-8-7-14/h1-4H,5,8H2,(H,15,17)(H,16,18). The lowest BCUT2D eigenvalue weighted by atomic mass is 10.1. The van der Waals surface area contributed by atoms with Gasteiger partial charge < -0.3 is 10.6 Å². The Kier molecular flexibility index (Phi) is 4.89. The summed E-state index contributed by atoms with van der Waals surface area (Å²) in [6, 6.07) is 10.3. The Balaban J connectivity index is 2.57. The highest BCUT2D eigenvalue weighted by molar-refractivity contribution is 6.39. The molecule has 90 valence electrons. The van der Waals surface area contributed by atoms with E-state index in [-0.39, 0.29) is 13.0 Å². The summed E-state index contributed by atoms with van der Waals surface area (Å²) in [5.41, 5.74) is 1.28. The molecular formula is C12H10N4O2. The Bertz CT molecular complexity index is 522. The van der Waals surface area contributed by atoms with Crippen molar-refractivity contribution >= 4 is 17.5 Å². The number of nitriles is 2. The van der Waals surface area contributed by atoms with Crippen LogP contribution >= 0.6 is 0 Å². The maximum absolute atomic E-state index is 11.3. The smallest absolute Gasteiger partial charge is 0.313 e. The summed E-state index contributed by atoms with van der Waals surface area (Å²) < 4.78 is 0. The van der Waals surface area contributed by atoms with Gasteiger partial charge in [-0.3, -0.25) is 9.59 Å². The van der Waals surface area contributed by atoms with Gasteiger partial charge in [-0.15, -0.1) is 0 Å². The van der Waals surface area contributed by atoms with Gasteiger partial charge in [-0.05, 0) is 17.7 Å². The number of carbonyl (C=O) groups excluding carboxylic acids is 2. The van der Waals surface area contributed by atoms with Gasteiger partial charge in [0.15, 0.2) is 0 Å². The Morgan fingerprint density at radius 1 is 1.06 bits per heavy atom. The first-order valence-corrected chi connectivity index (χ1v) is 5.09. The monoisotopic (exact) mass is 242 g/mol. The molecule has 0 bridgehead atoms. The number of carbonyl (C=O) groups is 2. The third-order valence-electron chi connectivity index (χ3n) is 2.03. The highest BCUT2D eigenvalue weighted by Crippen LogP contribution is 2.09. The molecule has 0 saturated carbocycles. The number of hydrogen-bond donors (Lipinski definition) is 2. The molecule has 0 saturated heterocycles. The van der Waals surface area contributed by atoms with E-state index in [1.807, 2.05) is 6.07 Å². The second-order valence-electron chi connectivity index (χ2n) is 3.33. The Morgan fingerprint density at radius 3 is 2.28 bits per heavy atom. The molecule has 0 heterocycles. The van der Waals surface area contributed by atoms with Crippen LogP contribution in [0.2, 0.25) is 0 Å². The summed E-state index contributed by atoms with van der Waals surface area (Å²) >= 11 is 0. The molecule has 18 heavy (non-hydrogen) atoms. The molecule has 0 atom stereocenters. The average Bonchev–Trinajstić information content (AvgIpc) is 2.38. The topological polar surface area (TPSA) is 106 Å². The molecule has 0 aliphatic rings. The fourth-order valence-electron chi connectivity index (χ4n) is 1.19. The molecule has 6 heteroatoms. The molecule has 2 N–H and O–H groups in total. The van der Waals surface area contributed by atoms with Crippen molar-refractivity contribution in [3.8, 4) is 12.1 Å². The number of nitrogens with one attached hydrogen (secondary N) is 2. The van der Waals surface area contributed by atoms with Gasteiger partial charge in [-0.2, -0.15) is 10.5 Å². The maximum Gasteiger partial charge on any atom is 0.313 e. The van der Waals surface area contributed by atoms with E-state index in [0.717, 1.165) is 5.56 Å². The van der Waals surface area contributed by atoms with Crippen LogP contribution in [0.5, 0.6) is 0 Å². The summed E-state index contributed by atoms with van der Waals surface area (Å²) in [5, 5.41) is 21.2. The molecule has 1 rings (SSSR count). The van der Waals surface area contributed by atoms with Crippen molar-refractivity contribution < 1.29 is 9.59 Å². The van der Waals surface area contributed by atoms with Crippen LogP contribution in [0.1, 0.15) is 5.56 Å². The van der Waals surface area contributed by atoms with Crippen LogP contribution in [0.3, 0.4) is 0 Å². The van der Waals surface area contributed by atoms with Crippen LogP contribution in [0.15, 0.2) is 24.3 Å². The van der Waals surface area contributed by atoms with Crippen LogP contribution < -0.4 is 10.6 Å². The van der Waals surface area contributed by atoms with Crippen molar-refractivity contribution in [1.82, 2.24) is 5.32 Å². The van der Waals surface area contributed by atoms with Crippen LogP contribution in [-0.4, -0.2) is 18.4 Å². The van der Waals surface area contributed by atoms with Crippen molar-refractivity contribution in [2.24, 2.45) is 0 Å². The van der Waals surface area contributed by atoms with Gasteiger partial charge in [-0.1, -0.05) is 12.1 Å². The van der Waals surface area contributed by atoms with Crippen LogP contribution in [0, 0.1) is 22.7 Å². The minimum atomic E-state index is -0.863. The number of hydrogen-bond acceptors (Lipinski definition) is 4. The number of rotatable bonds is 3. The fraction of sp³-hybridized carbons (Fsp3) is 0.167. The SMILES string of the molecule is N#CCNC(=O)C(=O)Nc1ccc(CC#N)cc1. The van der Waals surface area contributed by atoms with E-state index in [0.29, 0.717) is 5.69 Å². The Hall–Kier alpha value is -2.86. The zero-order valence-corrected chi connectivity index (χ0v) is 9.43.